The number of phenols is 1. The zero-order valence-electron chi connectivity index (χ0n) is 40.1. The fourth-order valence-electron chi connectivity index (χ4n) is 10.8. The molecule has 4 N–H and O–H groups in total. The Labute approximate surface area is 428 Å². The molecule has 3 saturated heterocycles. The number of aromatic hydroxyl groups is 1. The average molecular weight is 1060 g/mol. The molecular formula is C52H65BrN6O9S2. The number of phenolic OH excluding ortho intramolecular Hbond substituents is 1. The van der Waals surface area contributed by atoms with E-state index in [-0.39, 0.29) is 47.3 Å². The molecule has 376 valence electrons. The number of rotatable bonds is 18. The van der Waals surface area contributed by atoms with Crippen molar-refractivity contribution in [3.63, 3.8) is 0 Å². The van der Waals surface area contributed by atoms with Crippen molar-refractivity contribution in [2.24, 2.45) is 7.05 Å². The van der Waals surface area contributed by atoms with Gasteiger partial charge in [-0.25, -0.2) is 4.79 Å². The Morgan fingerprint density at radius 3 is 2.36 bits per heavy atom. The molecule has 10 rings (SSSR count). The molecule has 70 heavy (non-hydrogen) atoms. The minimum absolute atomic E-state index is 0. The van der Waals surface area contributed by atoms with Gasteiger partial charge in [0, 0.05) is 50.8 Å². The number of quaternary nitrogens is 1. The summed E-state index contributed by atoms with van der Waals surface area (Å²) in [5, 5.41) is 35.6. The van der Waals surface area contributed by atoms with Gasteiger partial charge in [-0.3, -0.25) is 14.3 Å². The standard InChI is InChI=1S/C33H43N5O5.C19H22NO4S2.BrH/c1-37-22-27(21-35-37)26-7-5-6-24(20-26)13-18-42-19-14-31(41)38(28-8-3-2-4-9-28)17-16-34-15-12-25-10-11-29(39)32-33(25)43-23-30(40)36-32;1-20(2)12-9-11(10-13(20)17-16(12)24-17)23-18(21)19(22,14-5-3-7-25-14)15-6-4-8-26-15;/h5-7,10-11,20-22,28,34,39H,2-4,8-9,12-19,23H2,1H3,(H,36,40);3-8,11-13,16-17,22H,9-10H2,1-2H3;1H/q;+1;/p-1/t;11?,12-,13+,16-,17+;. The number of hydrogen-bond donors (Lipinski definition) is 4. The summed E-state index contributed by atoms with van der Waals surface area (Å²) >= 11 is 2.74. The van der Waals surface area contributed by atoms with Crippen LogP contribution in [0.15, 0.2) is 83.8 Å². The molecule has 0 spiro atoms. The van der Waals surface area contributed by atoms with E-state index in [2.05, 4.69) is 59.0 Å². The van der Waals surface area contributed by atoms with Crippen molar-refractivity contribution in [2.75, 3.05) is 58.9 Å². The average Bonchev–Trinajstić information content (AvgIpc) is 3.78. The first-order chi connectivity index (χ1) is 33.4. The highest BCUT2D eigenvalue weighted by atomic mass is 79.9. The van der Waals surface area contributed by atoms with Gasteiger partial charge >= 0.3 is 5.97 Å². The number of epoxide rings is 1. The van der Waals surface area contributed by atoms with Crippen LogP contribution in [0.1, 0.15) is 72.2 Å². The Kier molecular flexibility index (Phi) is 16.9. The number of likely N-dealkylation sites (N-methyl/N-ethyl adjacent to an activating group) is 1. The van der Waals surface area contributed by atoms with Crippen molar-refractivity contribution in [2.45, 2.75) is 106 Å². The third kappa shape index (κ3) is 11.5. The van der Waals surface area contributed by atoms with Crippen molar-refractivity contribution in [3.8, 4) is 22.6 Å². The predicted octanol–water partition coefficient (Wildman–Crippen LogP) is 3.42. The number of carbonyl (C=O) groups excluding carboxylic acids is 3. The number of aliphatic hydroxyl groups is 1. The van der Waals surface area contributed by atoms with Gasteiger partial charge in [0.1, 0.15) is 41.8 Å². The minimum Gasteiger partial charge on any atom is -1.00 e. The molecule has 2 aromatic carbocycles. The lowest BCUT2D eigenvalue weighted by Crippen LogP contribution is -3.00. The molecule has 7 heterocycles. The summed E-state index contributed by atoms with van der Waals surface area (Å²) in [6.45, 7) is 2.97. The number of nitrogens with one attached hydrogen (secondary N) is 2. The number of aryl methyl sites for hydroxylation is 1. The lowest BCUT2D eigenvalue weighted by molar-refractivity contribution is -0.938. The van der Waals surface area contributed by atoms with E-state index >= 15 is 0 Å². The van der Waals surface area contributed by atoms with Crippen molar-refractivity contribution < 1.29 is 65.0 Å². The lowest BCUT2D eigenvalue weighted by atomic mass is 9.94. The highest BCUT2D eigenvalue weighted by molar-refractivity contribution is 7.12. The number of morpholine rings is 1. The normalized spacial score (nSPS) is 22.0. The van der Waals surface area contributed by atoms with Crippen LogP contribution in [0.3, 0.4) is 0 Å². The van der Waals surface area contributed by atoms with Gasteiger partial charge in [-0.2, -0.15) is 5.10 Å². The molecule has 3 aromatic heterocycles. The predicted molar refractivity (Wildman–Crippen MR) is 264 cm³/mol. The van der Waals surface area contributed by atoms with Crippen LogP contribution >= 0.6 is 22.7 Å². The number of piperidine rings is 1. The van der Waals surface area contributed by atoms with Gasteiger partial charge in [-0.05, 0) is 77.9 Å². The van der Waals surface area contributed by atoms with Crippen molar-refractivity contribution in [1.29, 1.82) is 0 Å². The van der Waals surface area contributed by atoms with Crippen LogP contribution in [-0.2, 0) is 54.1 Å². The van der Waals surface area contributed by atoms with E-state index in [9.17, 15) is 24.6 Å². The summed E-state index contributed by atoms with van der Waals surface area (Å²) < 4.78 is 26.0. The number of anilines is 1. The molecular weight excluding hydrogens is 997 g/mol. The molecule has 1 unspecified atom stereocenters. The van der Waals surface area contributed by atoms with Crippen LogP contribution in [-0.4, -0.2) is 137 Å². The molecule has 5 aromatic rings. The van der Waals surface area contributed by atoms with Gasteiger partial charge in [0.25, 0.3) is 5.91 Å². The quantitative estimate of drug-likeness (QED) is 0.0333. The fraction of sp³-hybridized carbons (Fsp3) is 0.500. The molecule has 4 fully saturated rings. The van der Waals surface area contributed by atoms with E-state index in [0.717, 1.165) is 53.3 Å². The zero-order chi connectivity index (χ0) is 48.1. The van der Waals surface area contributed by atoms with Crippen molar-refractivity contribution in [3.05, 3.63) is 105 Å². The number of benzene rings is 2. The Morgan fingerprint density at radius 2 is 1.69 bits per heavy atom. The number of aromatic nitrogens is 2. The molecule has 0 radical (unpaired) electrons. The van der Waals surface area contributed by atoms with Crippen molar-refractivity contribution >= 4 is 46.1 Å². The Bertz CT molecular complexity index is 2490. The van der Waals surface area contributed by atoms with Gasteiger partial charge < -0.3 is 66.2 Å². The smallest absolute Gasteiger partial charge is 0.349 e. The van der Waals surface area contributed by atoms with E-state index in [4.69, 9.17) is 18.9 Å². The molecule has 15 nitrogen and oxygen atoms in total. The first-order valence-electron chi connectivity index (χ1n) is 24.3. The lowest BCUT2D eigenvalue weighted by Gasteiger charge is -2.45. The van der Waals surface area contributed by atoms with E-state index in [1.807, 2.05) is 48.4 Å². The number of nitrogens with zero attached hydrogens (tertiary/aromatic N) is 4. The molecule has 1 saturated carbocycles. The van der Waals surface area contributed by atoms with Gasteiger partial charge in [-0.1, -0.05) is 61.7 Å². The van der Waals surface area contributed by atoms with Crippen LogP contribution < -0.4 is 32.4 Å². The van der Waals surface area contributed by atoms with Crippen LogP contribution in [0.4, 0.5) is 5.69 Å². The molecule has 2 amide bonds. The van der Waals surface area contributed by atoms with Gasteiger partial charge in [0.2, 0.25) is 11.5 Å². The topological polar surface area (TPSA) is 177 Å². The summed E-state index contributed by atoms with van der Waals surface area (Å²) in [5.74, 6) is -0.151. The monoisotopic (exact) mass is 1060 g/mol. The number of ether oxygens (including phenoxy) is 4. The third-order valence-electron chi connectivity index (χ3n) is 14.6. The molecule has 18 heteroatoms. The number of thiophene rings is 2. The summed E-state index contributed by atoms with van der Waals surface area (Å²) in [4.78, 5) is 41.4. The summed E-state index contributed by atoms with van der Waals surface area (Å²) in [6.07, 6.45) is 13.5. The summed E-state index contributed by atoms with van der Waals surface area (Å²) in [7, 11) is 6.41. The minimum atomic E-state index is -1.72. The molecule has 2 bridgehead atoms. The Balaban J connectivity index is 0.000000207. The van der Waals surface area contributed by atoms with Crippen LogP contribution in [0, 0.1) is 0 Å². The van der Waals surface area contributed by atoms with Crippen LogP contribution in [0.2, 0.25) is 0 Å². The maximum Gasteiger partial charge on any atom is 0.349 e. The SMILES string of the molecule is C[N+]1(C)[C@@H]2CC(OC(=O)C(O)(c3cccs3)c3cccs3)C[C@H]1[C@@H]1O[C@@H]12.Cn1cc(-c2cccc(CCOCCC(=O)N(CCNCCc3ccc(O)c4c3OCC(=O)N4)C3CCCCC3)c2)cn1.[Br-]. The zero-order valence-corrected chi connectivity index (χ0v) is 43.3. The number of hydrogen-bond acceptors (Lipinski definition) is 13. The highest BCUT2D eigenvalue weighted by Crippen LogP contribution is 2.52. The summed E-state index contributed by atoms with van der Waals surface area (Å²) in [5.41, 5.74) is 2.97. The number of carbonyl (C=O) groups is 3. The second-order valence-corrected chi connectivity index (χ2v) is 21.3. The van der Waals surface area contributed by atoms with E-state index in [1.165, 1.54) is 47.5 Å². The second kappa shape index (κ2) is 22.8. The Hall–Kier alpha value is -4.66. The van der Waals surface area contributed by atoms with E-state index in [1.54, 1.807) is 22.9 Å². The van der Waals surface area contributed by atoms with Gasteiger partial charge in [-0.15, -0.1) is 22.7 Å². The fourth-order valence-corrected chi connectivity index (χ4v) is 12.5. The van der Waals surface area contributed by atoms with Crippen LogP contribution in [0.5, 0.6) is 11.5 Å². The van der Waals surface area contributed by atoms with Gasteiger partial charge in [0.05, 0.1) is 49.7 Å². The van der Waals surface area contributed by atoms with E-state index < -0.39 is 11.6 Å². The largest absolute Gasteiger partial charge is 1.00 e. The number of fused-ring (bicyclic) bond motifs is 6. The second-order valence-electron chi connectivity index (χ2n) is 19.4. The van der Waals surface area contributed by atoms with E-state index in [0.29, 0.717) is 97.2 Å². The van der Waals surface area contributed by atoms with Gasteiger partial charge in [0.15, 0.2) is 12.4 Å². The highest BCUT2D eigenvalue weighted by Gasteiger charge is 2.71. The first kappa shape index (κ1) is 51.7. The molecule has 5 atom stereocenters. The molecule has 1 aliphatic carbocycles. The molecule has 4 aliphatic heterocycles. The molecule has 5 aliphatic rings. The maximum atomic E-state index is 13.3. The maximum absolute atomic E-state index is 13.3. The Morgan fingerprint density at radius 1 is 0.957 bits per heavy atom. The summed E-state index contributed by atoms with van der Waals surface area (Å²) in [6, 6.07) is 20.1. The number of halogens is 1. The van der Waals surface area contributed by atoms with Crippen LogP contribution in [0.25, 0.3) is 11.1 Å². The first-order valence-corrected chi connectivity index (χ1v) is 26.1. The van der Waals surface area contributed by atoms with Crippen molar-refractivity contribution in [1.82, 2.24) is 20.0 Å². The third-order valence-corrected chi connectivity index (χ3v) is 16.5. The number of amides is 2. The number of esters is 1.